The molecule has 2 nitrogen and oxygen atoms in total. The quantitative estimate of drug-likeness (QED) is 0.120. The van der Waals surface area contributed by atoms with Crippen LogP contribution in [0.3, 0.4) is 0 Å². The van der Waals surface area contributed by atoms with Gasteiger partial charge in [0.1, 0.15) is 0 Å². The van der Waals surface area contributed by atoms with Crippen molar-refractivity contribution in [3.8, 4) is 44.5 Å². The summed E-state index contributed by atoms with van der Waals surface area (Å²) in [5, 5.41) is 12.2. The summed E-state index contributed by atoms with van der Waals surface area (Å²) >= 11 is 0. The lowest BCUT2D eigenvalue weighted by molar-refractivity contribution is 1.12. The third-order valence-corrected chi connectivity index (χ3v) is 16.2. The van der Waals surface area contributed by atoms with E-state index in [2.05, 4.69) is 302 Å². The van der Waals surface area contributed by atoms with Crippen molar-refractivity contribution >= 4 is 102 Å². The van der Waals surface area contributed by atoms with Crippen molar-refractivity contribution < 1.29 is 0 Å². The van der Waals surface area contributed by atoms with Crippen LogP contribution in [-0.4, -0.2) is 0 Å². The zero-order valence-corrected chi connectivity index (χ0v) is 44.4. The summed E-state index contributed by atoms with van der Waals surface area (Å²) < 4.78 is 0. The summed E-state index contributed by atoms with van der Waals surface area (Å²) in [6, 6.07) is 97.2. The summed E-state index contributed by atoms with van der Waals surface area (Å²) in [5.74, 6) is 0. The van der Waals surface area contributed by atoms with Gasteiger partial charge in [-0.2, -0.15) is 0 Å². The predicted molar refractivity (Wildman–Crippen MR) is 345 cm³/mol. The lowest BCUT2D eigenvalue weighted by Crippen LogP contribution is -2.31. The third-order valence-electron chi connectivity index (χ3n) is 16.2. The smallest absolute Gasteiger partial charge is 0.0540 e. The van der Waals surface area contributed by atoms with Gasteiger partial charge in [-0.05, 0) is 172 Å². The van der Waals surface area contributed by atoms with Crippen molar-refractivity contribution in [3.05, 3.63) is 302 Å². The van der Waals surface area contributed by atoms with Gasteiger partial charge in [0.25, 0.3) is 0 Å². The lowest BCUT2D eigenvalue weighted by Gasteiger charge is -2.28. The molecule has 0 fully saturated rings. The molecule has 2 heteroatoms. The molecule has 1 aliphatic rings. The number of rotatable bonds is 12. The Morgan fingerprint density at radius 1 is 0.275 bits per heavy atom. The first-order valence-corrected chi connectivity index (χ1v) is 27.7. The lowest BCUT2D eigenvalue weighted by atomic mass is 9.82. The van der Waals surface area contributed by atoms with Crippen molar-refractivity contribution in [2.45, 2.75) is 12.8 Å². The van der Waals surface area contributed by atoms with Crippen LogP contribution in [-0.2, 0) is 0 Å². The summed E-state index contributed by atoms with van der Waals surface area (Å²) in [4.78, 5) is 4.78. The highest BCUT2D eigenvalue weighted by Crippen LogP contribution is 2.47. The first-order valence-electron chi connectivity index (χ1n) is 27.7. The van der Waals surface area contributed by atoms with Gasteiger partial charge >= 0.3 is 0 Å². The molecule has 0 aliphatic heterocycles. The molecule has 0 N–H and O–H groups in total. The van der Waals surface area contributed by atoms with E-state index >= 15 is 0 Å². The number of anilines is 6. The molecule has 0 heterocycles. The van der Waals surface area contributed by atoms with Gasteiger partial charge in [-0.3, -0.25) is 0 Å². The first-order chi connectivity index (χ1) is 39.6. The highest BCUT2D eigenvalue weighted by atomic mass is 15.1. The number of para-hydroxylation sites is 2. The Bertz CT molecular complexity index is 4680. The highest BCUT2D eigenvalue weighted by Gasteiger charge is 2.23. The molecule has 13 aromatic rings. The molecule has 0 aromatic heterocycles. The fraction of sp³-hybridized carbons (Fsp3) is 0.0256. The van der Waals surface area contributed by atoms with Gasteiger partial charge < -0.3 is 9.80 Å². The molecule has 0 unspecified atom stereocenters. The van der Waals surface area contributed by atoms with E-state index in [1.807, 2.05) is 12.2 Å². The predicted octanol–water partition coefficient (Wildman–Crippen LogP) is 20.5. The molecule has 0 spiro atoms. The molecule has 378 valence electrons. The van der Waals surface area contributed by atoms with Crippen LogP contribution in [0.5, 0.6) is 0 Å². The second-order valence-electron chi connectivity index (χ2n) is 20.7. The SMILES string of the molecule is C=Cc1c(C=C)c(-c2cccc(N(c3ccccc3)c3cccc4ccccc34)c2)c2ccccc2c1-c1ccc(-c2c3c(c(-c4cccc(N(c5ccccc5)c5cccc6ccccc56)c4)c4ccccc24)=CCCC=3)cc1. The van der Waals surface area contributed by atoms with Gasteiger partial charge in [-0.1, -0.05) is 244 Å². The molecule has 0 amide bonds. The van der Waals surface area contributed by atoms with Crippen LogP contribution in [0.4, 0.5) is 34.1 Å². The van der Waals surface area contributed by atoms with E-state index in [1.165, 1.54) is 70.4 Å². The van der Waals surface area contributed by atoms with Gasteiger partial charge in [0, 0.05) is 33.5 Å². The van der Waals surface area contributed by atoms with Gasteiger partial charge in [-0.25, -0.2) is 0 Å². The number of hydrogen-bond acceptors (Lipinski definition) is 2. The minimum Gasteiger partial charge on any atom is -0.310 e. The van der Waals surface area contributed by atoms with Gasteiger partial charge in [0.2, 0.25) is 0 Å². The Labute approximate surface area is 467 Å². The Kier molecular flexibility index (Phi) is 12.4. The van der Waals surface area contributed by atoms with Gasteiger partial charge in [0.15, 0.2) is 0 Å². The van der Waals surface area contributed by atoms with E-state index in [1.54, 1.807) is 0 Å². The van der Waals surface area contributed by atoms with E-state index in [9.17, 15) is 0 Å². The average molecular weight is 1020 g/mol. The molecular weight excluding hydrogens is 965 g/mol. The maximum absolute atomic E-state index is 4.49. The minimum absolute atomic E-state index is 0.987. The Morgan fingerprint density at radius 2 is 0.600 bits per heavy atom. The van der Waals surface area contributed by atoms with Gasteiger partial charge in [-0.15, -0.1) is 0 Å². The van der Waals surface area contributed by atoms with E-state index < -0.39 is 0 Å². The topological polar surface area (TPSA) is 6.48 Å². The molecule has 0 saturated carbocycles. The van der Waals surface area contributed by atoms with Crippen LogP contribution in [0.1, 0.15) is 24.0 Å². The van der Waals surface area contributed by atoms with Crippen molar-refractivity contribution in [1.82, 2.24) is 0 Å². The first kappa shape index (κ1) is 48.1. The molecule has 14 rings (SSSR count). The molecule has 0 bridgehead atoms. The number of nitrogens with zero attached hydrogens (tertiary/aromatic N) is 2. The van der Waals surface area contributed by atoms with Crippen LogP contribution in [0.25, 0.3) is 112 Å². The van der Waals surface area contributed by atoms with E-state index in [4.69, 9.17) is 0 Å². The summed E-state index contributed by atoms with van der Waals surface area (Å²) in [6.45, 7) is 8.99. The largest absolute Gasteiger partial charge is 0.310 e. The highest BCUT2D eigenvalue weighted by molar-refractivity contribution is 6.13. The monoisotopic (exact) mass is 1020 g/mol. The van der Waals surface area contributed by atoms with Crippen LogP contribution in [0, 0.1) is 0 Å². The molecule has 1 aliphatic carbocycles. The van der Waals surface area contributed by atoms with Crippen LogP contribution < -0.4 is 20.2 Å². The van der Waals surface area contributed by atoms with Crippen molar-refractivity contribution in [3.63, 3.8) is 0 Å². The van der Waals surface area contributed by atoms with Crippen molar-refractivity contribution in [1.29, 1.82) is 0 Å². The Balaban J connectivity index is 0.890. The fourth-order valence-electron chi connectivity index (χ4n) is 12.7. The van der Waals surface area contributed by atoms with E-state index in [-0.39, 0.29) is 0 Å². The molecule has 13 aromatic carbocycles. The second-order valence-corrected chi connectivity index (χ2v) is 20.7. The number of fused-ring (bicyclic) bond motifs is 5. The van der Waals surface area contributed by atoms with Crippen LogP contribution >= 0.6 is 0 Å². The van der Waals surface area contributed by atoms with E-state index in [0.29, 0.717) is 0 Å². The summed E-state index contributed by atoms with van der Waals surface area (Å²) in [5.41, 5.74) is 18.2. The van der Waals surface area contributed by atoms with Crippen molar-refractivity contribution in [2.24, 2.45) is 0 Å². The Morgan fingerprint density at radius 3 is 1.05 bits per heavy atom. The maximum atomic E-state index is 4.49. The van der Waals surface area contributed by atoms with Crippen molar-refractivity contribution in [2.75, 3.05) is 9.80 Å². The number of hydrogen-bond donors (Lipinski definition) is 0. The summed E-state index contributed by atoms with van der Waals surface area (Å²) in [7, 11) is 0. The zero-order valence-electron chi connectivity index (χ0n) is 44.4. The second kappa shape index (κ2) is 20.6. The summed E-state index contributed by atoms with van der Waals surface area (Å²) in [6.07, 6.45) is 11.0. The maximum Gasteiger partial charge on any atom is 0.0540 e. The molecule has 0 radical (unpaired) electrons. The normalized spacial score (nSPS) is 11.9. The third kappa shape index (κ3) is 8.29. The molecule has 0 saturated heterocycles. The van der Waals surface area contributed by atoms with Crippen LogP contribution in [0.15, 0.2) is 280 Å². The zero-order chi connectivity index (χ0) is 53.5. The Hall–Kier alpha value is -10.3. The number of benzene rings is 13. The van der Waals surface area contributed by atoms with Gasteiger partial charge in [0.05, 0.1) is 11.4 Å². The van der Waals surface area contributed by atoms with E-state index in [0.717, 1.165) is 85.7 Å². The average Bonchev–Trinajstić information content (AvgIpc) is 3.56. The molecule has 0 atom stereocenters. The minimum atomic E-state index is 0.987. The standard InChI is InChI=1S/C78H56N2/c1-3-63-64(4-2)77(57-29-21-35-61(51-57)79(59-31-7-5-8-32-59)73-45-23-27-53-25-11-13-37-65(53)73)70-42-18-15-39-67(70)75(63)55-47-49-56(50-48-55)76-68-40-16-19-43-71(68)78(72-44-20-17-41-69(72)76)58-30-22-36-62(52-58)80(60-33-9-6-10-34-60)74-46-24-28-54-26-12-14-38-66(54)74/h3-16,18-19,21-52H,1-2,17,20H2. The molecular formula is C78H56N2. The van der Waals surface area contributed by atoms with Crippen LogP contribution in [0.2, 0.25) is 0 Å². The molecule has 80 heavy (non-hydrogen) atoms. The fourth-order valence-corrected chi connectivity index (χ4v) is 12.7.